The molecular weight excluding hydrogens is 228 g/mol. The Morgan fingerprint density at radius 3 is 2.12 bits per heavy atom. The molecule has 0 aliphatic rings. The van der Waals surface area contributed by atoms with Crippen LogP contribution < -0.4 is 0 Å². The van der Waals surface area contributed by atoms with Gasteiger partial charge in [0.05, 0.1) is 12.0 Å². The standard InChI is InChI=1S/C14H22O2Si/c1-11(16-2)13(14(15)17(3,4)5)12-9-7-6-8-10-12/h6-11,13H,1-5H3/t11-,13+/m1/s1. The highest BCUT2D eigenvalue weighted by Gasteiger charge is 2.35. The molecule has 94 valence electrons. The van der Waals surface area contributed by atoms with Gasteiger partial charge in [0.15, 0.2) is 0 Å². The van der Waals surface area contributed by atoms with E-state index in [9.17, 15) is 4.79 Å². The maximum Gasteiger partial charge on any atom is 0.124 e. The highest BCUT2D eigenvalue weighted by molar-refractivity contribution is 7.04. The second-order valence-corrected chi connectivity index (χ2v) is 10.4. The molecule has 0 aromatic heterocycles. The summed E-state index contributed by atoms with van der Waals surface area (Å²) in [6.07, 6.45) is -0.0726. The zero-order valence-electron chi connectivity index (χ0n) is 11.4. The average Bonchev–Trinajstić information content (AvgIpc) is 2.29. The molecule has 0 aliphatic heterocycles. The van der Waals surface area contributed by atoms with Crippen molar-refractivity contribution in [2.75, 3.05) is 7.11 Å². The van der Waals surface area contributed by atoms with E-state index in [4.69, 9.17) is 4.74 Å². The number of methoxy groups -OCH3 is 1. The monoisotopic (exact) mass is 250 g/mol. The van der Waals surface area contributed by atoms with Crippen molar-refractivity contribution in [2.45, 2.75) is 38.6 Å². The van der Waals surface area contributed by atoms with E-state index >= 15 is 0 Å². The molecule has 1 rings (SSSR count). The van der Waals surface area contributed by atoms with Gasteiger partial charge in [-0.25, -0.2) is 0 Å². The van der Waals surface area contributed by atoms with Gasteiger partial charge in [0.25, 0.3) is 0 Å². The van der Waals surface area contributed by atoms with Crippen LogP contribution in [-0.2, 0) is 9.53 Å². The third-order valence-electron chi connectivity index (χ3n) is 3.02. The fourth-order valence-electron chi connectivity index (χ4n) is 1.90. The number of benzene rings is 1. The van der Waals surface area contributed by atoms with Crippen LogP contribution in [-0.4, -0.2) is 26.7 Å². The topological polar surface area (TPSA) is 26.3 Å². The molecule has 0 fully saturated rings. The highest BCUT2D eigenvalue weighted by Crippen LogP contribution is 2.26. The van der Waals surface area contributed by atoms with E-state index < -0.39 is 8.07 Å². The van der Waals surface area contributed by atoms with Crippen LogP contribution in [0.3, 0.4) is 0 Å². The van der Waals surface area contributed by atoms with Gasteiger partial charge in [0, 0.05) is 7.11 Å². The van der Waals surface area contributed by atoms with Crippen molar-refractivity contribution in [3.8, 4) is 0 Å². The molecular formula is C14H22O2Si. The van der Waals surface area contributed by atoms with Crippen molar-refractivity contribution in [3.05, 3.63) is 35.9 Å². The van der Waals surface area contributed by atoms with E-state index in [1.54, 1.807) is 7.11 Å². The Balaban J connectivity index is 3.10. The number of ether oxygens (including phenoxy) is 1. The van der Waals surface area contributed by atoms with Crippen molar-refractivity contribution in [1.29, 1.82) is 0 Å². The minimum absolute atomic E-state index is 0.0726. The molecule has 0 saturated heterocycles. The summed E-state index contributed by atoms with van der Waals surface area (Å²) in [5.74, 6) is -0.132. The lowest BCUT2D eigenvalue weighted by Gasteiger charge is -2.27. The van der Waals surface area contributed by atoms with Gasteiger partial charge in [0.2, 0.25) is 0 Å². The smallest absolute Gasteiger partial charge is 0.124 e. The molecule has 3 heteroatoms. The summed E-state index contributed by atoms with van der Waals surface area (Å²) in [6, 6.07) is 9.94. The Hall–Kier alpha value is -0.933. The van der Waals surface area contributed by atoms with Crippen LogP contribution in [0.25, 0.3) is 0 Å². The molecule has 0 amide bonds. The molecule has 0 saturated carbocycles. The van der Waals surface area contributed by atoms with Crippen molar-refractivity contribution in [3.63, 3.8) is 0 Å². The fraction of sp³-hybridized carbons (Fsp3) is 0.500. The number of hydrogen-bond donors (Lipinski definition) is 0. The van der Waals surface area contributed by atoms with E-state index in [1.807, 2.05) is 37.3 Å². The molecule has 1 aromatic rings. The number of rotatable bonds is 5. The summed E-state index contributed by atoms with van der Waals surface area (Å²) < 4.78 is 5.38. The Morgan fingerprint density at radius 2 is 1.71 bits per heavy atom. The van der Waals surface area contributed by atoms with Crippen LogP contribution in [0, 0.1) is 0 Å². The highest BCUT2D eigenvalue weighted by atomic mass is 28.3. The molecule has 2 atom stereocenters. The summed E-state index contributed by atoms with van der Waals surface area (Å²) in [7, 11) is -0.140. The second-order valence-electron chi connectivity index (χ2n) is 5.44. The van der Waals surface area contributed by atoms with Crippen molar-refractivity contribution < 1.29 is 9.53 Å². The van der Waals surface area contributed by atoms with Crippen molar-refractivity contribution in [2.24, 2.45) is 0 Å². The van der Waals surface area contributed by atoms with Gasteiger partial charge in [0.1, 0.15) is 13.5 Å². The van der Waals surface area contributed by atoms with Crippen LogP contribution in [0.2, 0.25) is 19.6 Å². The third-order valence-corrected chi connectivity index (χ3v) is 4.81. The zero-order valence-corrected chi connectivity index (χ0v) is 12.4. The molecule has 0 radical (unpaired) electrons. The minimum atomic E-state index is -1.80. The number of hydrogen-bond acceptors (Lipinski definition) is 2. The summed E-state index contributed by atoms with van der Waals surface area (Å²) in [5.41, 5.74) is 1.06. The van der Waals surface area contributed by atoms with Crippen LogP contribution in [0.1, 0.15) is 18.4 Å². The molecule has 0 N–H and O–H groups in total. The second kappa shape index (κ2) is 5.60. The largest absolute Gasteiger partial charge is 0.381 e. The first kappa shape index (κ1) is 14.1. The maximum atomic E-state index is 12.5. The first-order chi connectivity index (χ1) is 7.88. The van der Waals surface area contributed by atoms with Crippen molar-refractivity contribution in [1.82, 2.24) is 0 Å². The molecule has 0 unspecified atom stereocenters. The van der Waals surface area contributed by atoms with Crippen LogP contribution >= 0.6 is 0 Å². The minimum Gasteiger partial charge on any atom is -0.381 e. The molecule has 17 heavy (non-hydrogen) atoms. The quantitative estimate of drug-likeness (QED) is 0.750. The Kier molecular flexibility index (Phi) is 4.66. The molecule has 0 spiro atoms. The van der Waals surface area contributed by atoms with E-state index in [2.05, 4.69) is 19.6 Å². The first-order valence-electron chi connectivity index (χ1n) is 6.00. The summed E-state index contributed by atoms with van der Waals surface area (Å²) in [4.78, 5) is 12.5. The van der Waals surface area contributed by atoms with Gasteiger partial charge in [-0.15, -0.1) is 0 Å². The molecule has 2 nitrogen and oxygen atoms in total. The zero-order chi connectivity index (χ0) is 13.1. The number of carbonyl (C=O) groups excluding carboxylic acids is 1. The molecule has 1 aromatic carbocycles. The van der Waals surface area contributed by atoms with Gasteiger partial charge >= 0.3 is 0 Å². The van der Waals surface area contributed by atoms with Gasteiger partial charge in [-0.05, 0) is 12.5 Å². The molecule has 0 aliphatic carbocycles. The molecule has 0 bridgehead atoms. The summed E-state index contributed by atoms with van der Waals surface area (Å²) in [6.45, 7) is 8.24. The Morgan fingerprint density at radius 1 is 1.18 bits per heavy atom. The summed E-state index contributed by atoms with van der Waals surface area (Å²) >= 11 is 0. The molecule has 0 heterocycles. The van der Waals surface area contributed by atoms with Crippen LogP contribution in [0.4, 0.5) is 0 Å². The Bertz CT molecular complexity index is 368. The van der Waals surface area contributed by atoms with Crippen molar-refractivity contribution >= 4 is 13.5 Å². The maximum absolute atomic E-state index is 12.5. The SMILES string of the molecule is CO[C@H](C)[C@H](C(=O)[Si](C)(C)C)c1ccccc1. The lowest BCUT2D eigenvalue weighted by Crippen LogP contribution is -2.41. The average molecular weight is 250 g/mol. The van der Waals surface area contributed by atoms with Gasteiger partial charge in [-0.1, -0.05) is 50.0 Å². The van der Waals surface area contributed by atoms with Gasteiger partial charge in [-0.2, -0.15) is 0 Å². The van der Waals surface area contributed by atoms with E-state index in [0.717, 1.165) is 5.56 Å². The van der Waals surface area contributed by atoms with Crippen LogP contribution in [0.5, 0.6) is 0 Å². The number of carbonyl (C=O) groups is 1. The lowest BCUT2D eigenvalue weighted by molar-refractivity contribution is -0.116. The van der Waals surface area contributed by atoms with E-state index in [0.29, 0.717) is 5.41 Å². The Labute approximate surface area is 105 Å². The third kappa shape index (κ3) is 3.51. The van der Waals surface area contributed by atoms with Crippen LogP contribution in [0.15, 0.2) is 30.3 Å². The van der Waals surface area contributed by atoms with E-state index in [1.165, 1.54) is 0 Å². The fourth-order valence-corrected chi connectivity index (χ4v) is 3.23. The van der Waals surface area contributed by atoms with Gasteiger partial charge in [-0.3, -0.25) is 0 Å². The summed E-state index contributed by atoms with van der Waals surface area (Å²) in [5, 5.41) is 0.359. The predicted octanol–water partition coefficient (Wildman–Crippen LogP) is 3.25. The predicted molar refractivity (Wildman–Crippen MR) is 74.0 cm³/mol. The van der Waals surface area contributed by atoms with Gasteiger partial charge < -0.3 is 9.53 Å². The van der Waals surface area contributed by atoms with E-state index in [-0.39, 0.29) is 12.0 Å². The first-order valence-corrected chi connectivity index (χ1v) is 9.50. The lowest BCUT2D eigenvalue weighted by atomic mass is 9.95. The normalized spacial score (nSPS) is 15.4.